The first kappa shape index (κ1) is 24.3. The highest BCUT2D eigenvalue weighted by atomic mass is 127. The van der Waals surface area contributed by atoms with Crippen molar-refractivity contribution in [3.63, 3.8) is 0 Å². The molecule has 2 aliphatic rings. The maximum atomic E-state index is 5.98. The predicted octanol–water partition coefficient (Wildman–Crippen LogP) is 3.64. The molecule has 0 saturated heterocycles. The standard InChI is InChI=1S/C20H40N6.HI/c21-19(25-17-11-5-3-6-12-17)23-15-9-1-2-10-16-24-20(22)26-18-13-7-4-8-14-18;/h17-18H,1-16H2,(H3,21,23,25)(H3,22,24,26);1H. The van der Waals surface area contributed by atoms with Crippen molar-refractivity contribution in [2.45, 2.75) is 102 Å². The second-order valence-electron chi connectivity index (χ2n) is 7.91. The smallest absolute Gasteiger partial charge is 0.188 e. The van der Waals surface area contributed by atoms with E-state index in [1.54, 1.807) is 0 Å². The van der Waals surface area contributed by atoms with Gasteiger partial charge in [0, 0.05) is 25.2 Å². The molecule has 6 N–H and O–H groups in total. The van der Waals surface area contributed by atoms with Crippen molar-refractivity contribution in [3.8, 4) is 0 Å². The molecule has 0 aromatic rings. The van der Waals surface area contributed by atoms with Crippen molar-refractivity contribution < 1.29 is 0 Å². The summed E-state index contributed by atoms with van der Waals surface area (Å²) >= 11 is 0. The van der Waals surface area contributed by atoms with Gasteiger partial charge in [0.1, 0.15) is 0 Å². The average Bonchev–Trinajstić information content (AvgIpc) is 2.65. The van der Waals surface area contributed by atoms with Gasteiger partial charge in [-0.15, -0.1) is 24.0 Å². The van der Waals surface area contributed by atoms with Gasteiger partial charge in [-0.1, -0.05) is 51.4 Å². The van der Waals surface area contributed by atoms with Gasteiger partial charge >= 0.3 is 0 Å². The van der Waals surface area contributed by atoms with Gasteiger partial charge < -0.3 is 22.1 Å². The number of nitrogens with one attached hydrogen (secondary N) is 2. The second-order valence-corrected chi connectivity index (χ2v) is 7.91. The van der Waals surface area contributed by atoms with Crippen molar-refractivity contribution in [3.05, 3.63) is 0 Å². The fraction of sp³-hybridized carbons (Fsp3) is 0.900. The second kappa shape index (κ2) is 15.2. The number of nitrogens with two attached hydrogens (primary N) is 2. The van der Waals surface area contributed by atoms with Gasteiger partial charge in [-0.3, -0.25) is 9.98 Å². The lowest BCUT2D eigenvalue weighted by molar-refractivity contribution is 0.412. The molecule has 0 aliphatic heterocycles. The molecule has 2 rings (SSSR count). The molecule has 6 nitrogen and oxygen atoms in total. The highest BCUT2D eigenvalue weighted by Crippen LogP contribution is 2.17. The van der Waals surface area contributed by atoms with Crippen LogP contribution in [0.2, 0.25) is 0 Å². The molecule has 7 heteroatoms. The number of unbranched alkanes of at least 4 members (excludes halogenated alkanes) is 3. The van der Waals surface area contributed by atoms with Crippen molar-refractivity contribution in [1.82, 2.24) is 10.6 Å². The fourth-order valence-corrected chi connectivity index (χ4v) is 3.98. The molecular formula is C20H41IN6. The Labute approximate surface area is 182 Å². The summed E-state index contributed by atoms with van der Waals surface area (Å²) in [6.07, 6.45) is 17.4. The van der Waals surface area contributed by atoms with E-state index in [9.17, 15) is 0 Å². The number of halogens is 1. The zero-order chi connectivity index (χ0) is 18.5. The highest BCUT2D eigenvalue weighted by Gasteiger charge is 2.13. The van der Waals surface area contributed by atoms with Gasteiger partial charge in [0.2, 0.25) is 0 Å². The summed E-state index contributed by atoms with van der Waals surface area (Å²) in [5.41, 5.74) is 12.0. The molecule has 0 aromatic heterocycles. The number of rotatable bonds is 9. The molecule has 0 atom stereocenters. The van der Waals surface area contributed by atoms with Crippen LogP contribution < -0.4 is 22.1 Å². The molecule has 0 bridgehead atoms. The van der Waals surface area contributed by atoms with Crippen LogP contribution in [0, 0.1) is 0 Å². The number of nitrogens with zero attached hydrogens (tertiary/aromatic N) is 2. The maximum absolute atomic E-state index is 5.98. The SMILES string of the molecule is I.NC(=NCCCCCCN=C(N)NC1CCCCC1)NC1CCCCC1. The number of aliphatic imine (C=N–C) groups is 2. The third-order valence-electron chi connectivity index (χ3n) is 5.54. The van der Waals surface area contributed by atoms with Crippen LogP contribution in [0.1, 0.15) is 89.9 Å². The van der Waals surface area contributed by atoms with Crippen molar-refractivity contribution >= 4 is 35.9 Å². The van der Waals surface area contributed by atoms with Crippen LogP contribution in [0.4, 0.5) is 0 Å². The minimum atomic E-state index is 0. The summed E-state index contributed by atoms with van der Waals surface area (Å²) in [5.74, 6) is 1.26. The summed E-state index contributed by atoms with van der Waals surface area (Å²) < 4.78 is 0. The largest absolute Gasteiger partial charge is 0.370 e. The summed E-state index contributed by atoms with van der Waals surface area (Å²) in [6.45, 7) is 1.64. The zero-order valence-corrected chi connectivity index (χ0v) is 19.3. The van der Waals surface area contributed by atoms with Crippen molar-refractivity contribution in [1.29, 1.82) is 0 Å². The molecule has 0 heterocycles. The van der Waals surface area contributed by atoms with E-state index in [1.807, 2.05) is 0 Å². The van der Waals surface area contributed by atoms with Crippen LogP contribution in [0.25, 0.3) is 0 Å². The van der Waals surface area contributed by atoms with Crippen LogP contribution in [0.5, 0.6) is 0 Å². The number of hydrogen-bond donors (Lipinski definition) is 4. The van der Waals surface area contributed by atoms with Gasteiger partial charge in [-0.2, -0.15) is 0 Å². The van der Waals surface area contributed by atoms with E-state index >= 15 is 0 Å². The Morgan fingerprint density at radius 2 is 1.00 bits per heavy atom. The fourth-order valence-electron chi connectivity index (χ4n) is 3.98. The van der Waals surface area contributed by atoms with E-state index in [0.717, 1.165) is 25.9 Å². The van der Waals surface area contributed by atoms with Gasteiger partial charge in [0.25, 0.3) is 0 Å². The summed E-state index contributed by atoms with van der Waals surface area (Å²) in [7, 11) is 0. The topological polar surface area (TPSA) is 101 Å². The Morgan fingerprint density at radius 3 is 1.37 bits per heavy atom. The summed E-state index contributed by atoms with van der Waals surface area (Å²) in [6, 6.07) is 1.08. The number of guanidine groups is 2. The van der Waals surface area contributed by atoms with Crippen molar-refractivity contribution in [2.75, 3.05) is 13.1 Å². The van der Waals surface area contributed by atoms with E-state index in [0.29, 0.717) is 24.0 Å². The first-order chi connectivity index (χ1) is 12.7. The van der Waals surface area contributed by atoms with Crippen LogP contribution in [-0.2, 0) is 0 Å². The van der Waals surface area contributed by atoms with Gasteiger partial charge in [-0.25, -0.2) is 0 Å². The molecule has 0 radical (unpaired) electrons. The van der Waals surface area contributed by atoms with Crippen LogP contribution >= 0.6 is 24.0 Å². The molecular weight excluding hydrogens is 451 g/mol. The first-order valence-electron chi connectivity index (χ1n) is 10.9. The van der Waals surface area contributed by atoms with E-state index in [-0.39, 0.29) is 24.0 Å². The summed E-state index contributed by atoms with van der Waals surface area (Å²) in [4.78, 5) is 8.91. The first-order valence-corrected chi connectivity index (χ1v) is 10.9. The zero-order valence-electron chi connectivity index (χ0n) is 16.9. The monoisotopic (exact) mass is 492 g/mol. The van der Waals surface area contributed by atoms with Gasteiger partial charge in [0.05, 0.1) is 0 Å². The minimum Gasteiger partial charge on any atom is -0.370 e. The Morgan fingerprint density at radius 1 is 0.630 bits per heavy atom. The molecule has 158 valence electrons. The Bertz CT molecular complexity index is 388. The Balaban J connectivity index is 0.00000364. The van der Waals surface area contributed by atoms with Gasteiger partial charge in [-0.05, 0) is 38.5 Å². The van der Waals surface area contributed by atoms with Crippen molar-refractivity contribution in [2.24, 2.45) is 21.5 Å². The quantitative estimate of drug-likeness (QED) is 0.171. The maximum Gasteiger partial charge on any atom is 0.188 e. The normalized spacial score (nSPS) is 20.1. The van der Waals surface area contributed by atoms with Crippen LogP contribution in [0.15, 0.2) is 9.98 Å². The predicted molar refractivity (Wildman–Crippen MR) is 127 cm³/mol. The third kappa shape index (κ3) is 11.7. The molecule has 0 unspecified atom stereocenters. The Hall–Kier alpha value is -0.730. The third-order valence-corrected chi connectivity index (χ3v) is 5.54. The molecule has 0 aromatic carbocycles. The Kier molecular flexibility index (Phi) is 13.7. The average molecular weight is 492 g/mol. The van der Waals surface area contributed by atoms with Crippen LogP contribution in [0.3, 0.4) is 0 Å². The highest BCUT2D eigenvalue weighted by molar-refractivity contribution is 14.0. The minimum absolute atomic E-state index is 0. The number of hydrogen-bond acceptors (Lipinski definition) is 2. The van der Waals surface area contributed by atoms with Gasteiger partial charge in [0.15, 0.2) is 11.9 Å². The lowest BCUT2D eigenvalue weighted by Crippen LogP contribution is -2.41. The van der Waals surface area contributed by atoms with E-state index in [1.165, 1.54) is 77.0 Å². The lowest BCUT2D eigenvalue weighted by atomic mass is 9.96. The summed E-state index contributed by atoms with van der Waals surface area (Å²) in [5, 5.41) is 6.73. The van der Waals surface area contributed by atoms with E-state index in [4.69, 9.17) is 11.5 Å². The molecule has 0 spiro atoms. The van der Waals surface area contributed by atoms with E-state index < -0.39 is 0 Å². The van der Waals surface area contributed by atoms with Crippen LogP contribution in [-0.4, -0.2) is 37.1 Å². The molecule has 2 fully saturated rings. The molecule has 2 saturated carbocycles. The van der Waals surface area contributed by atoms with E-state index in [2.05, 4.69) is 20.6 Å². The lowest BCUT2D eigenvalue weighted by Gasteiger charge is -2.23. The molecule has 2 aliphatic carbocycles. The molecule has 27 heavy (non-hydrogen) atoms. The molecule has 0 amide bonds.